The quantitative estimate of drug-likeness (QED) is 0.723. The molecule has 1 rings (SSSR count). The molecule has 0 aliphatic heterocycles. The number of nitrogens with one attached hydrogen (secondary N) is 1. The molecule has 1 N–H and O–H groups in total. The summed E-state index contributed by atoms with van der Waals surface area (Å²) in [6.07, 6.45) is 0. The van der Waals surface area contributed by atoms with Gasteiger partial charge in [-0.3, -0.25) is 9.69 Å². The van der Waals surface area contributed by atoms with E-state index in [2.05, 4.69) is 37.9 Å². The number of hydrogen-bond acceptors (Lipinski definition) is 3. The lowest BCUT2D eigenvalue weighted by Crippen LogP contribution is -2.43. The molecule has 1 atom stereocenters. The van der Waals surface area contributed by atoms with Crippen LogP contribution in [0.25, 0.3) is 0 Å². The number of halogens is 1. The Morgan fingerprint density at radius 1 is 1.14 bits per heavy atom. The molecule has 1 aromatic rings. The first-order chi connectivity index (χ1) is 10.3. The van der Waals surface area contributed by atoms with E-state index in [9.17, 15) is 4.79 Å². The van der Waals surface area contributed by atoms with E-state index in [1.54, 1.807) is 11.8 Å². The van der Waals surface area contributed by atoms with E-state index >= 15 is 0 Å². The summed E-state index contributed by atoms with van der Waals surface area (Å²) in [7, 11) is 0. The van der Waals surface area contributed by atoms with Crippen molar-refractivity contribution in [2.24, 2.45) is 0 Å². The van der Waals surface area contributed by atoms with Crippen molar-refractivity contribution in [1.82, 2.24) is 10.2 Å². The van der Waals surface area contributed by atoms with Crippen molar-refractivity contribution in [1.29, 1.82) is 0 Å². The van der Waals surface area contributed by atoms with E-state index in [1.165, 1.54) is 0 Å². The van der Waals surface area contributed by atoms with Crippen molar-refractivity contribution >= 4 is 29.3 Å². The van der Waals surface area contributed by atoms with Crippen LogP contribution in [0.4, 0.5) is 0 Å². The maximum absolute atomic E-state index is 12.2. The predicted molar refractivity (Wildman–Crippen MR) is 96.8 cm³/mol. The van der Waals surface area contributed by atoms with Gasteiger partial charge in [-0.05, 0) is 58.9 Å². The highest BCUT2D eigenvalue weighted by Gasteiger charge is 2.16. The molecule has 3 nitrogen and oxygen atoms in total. The molecule has 0 spiro atoms. The van der Waals surface area contributed by atoms with Gasteiger partial charge in [-0.2, -0.15) is 0 Å². The number of carbonyl (C=O) groups is 1. The topological polar surface area (TPSA) is 32.3 Å². The molecular formula is C17H27ClN2OS. The SMILES string of the molecule is CC(C)N(CCNC(=O)[C@@H](C)Sc1ccc(Cl)cc1)C(C)C. The Balaban J connectivity index is 2.39. The zero-order chi connectivity index (χ0) is 16.7. The van der Waals surface area contributed by atoms with Crippen molar-refractivity contribution in [3.05, 3.63) is 29.3 Å². The van der Waals surface area contributed by atoms with Gasteiger partial charge in [0.25, 0.3) is 0 Å². The van der Waals surface area contributed by atoms with Gasteiger partial charge >= 0.3 is 0 Å². The van der Waals surface area contributed by atoms with Crippen LogP contribution in [-0.4, -0.2) is 41.2 Å². The minimum atomic E-state index is -0.118. The maximum Gasteiger partial charge on any atom is 0.233 e. The van der Waals surface area contributed by atoms with Gasteiger partial charge in [0.05, 0.1) is 5.25 Å². The van der Waals surface area contributed by atoms with Gasteiger partial charge in [-0.1, -0.05) is 11.6 Å². The van der Waals surface area contributed by atoms with Crippen LogP contribution in [0.15, 0.2) is 29.2 Å². The zero-order valence-electron chi connectivity index (χ0n) is 14.1. The highest BCUT2D eigenvalue weighted by Crippen LogP contribution is 2.24. The summed E-state index contributed by atoms with van der Waals surface area (Å²) in [5.41, 5.74) is 0. The Hall–Kier alpha value is -0.710. The van der Waals surface area contributed by atoms with E-state index < -0.39 is 0 Å². The Bertz CT molecular complexity index is 454. The maximum atomic E-state index is 12.2. The molecule has 0 aliphatic rings. The molecule has 0 fully saturated rings. The summed E-state index contributed by atoms with van der Waals surface area (Å²) >= 11 is 7.41. The number of carbonyl (C=O) groups excluding carboxylic acids is 1. The van der Waals surface area contributed by atoms with Crippen LogP contribution in [0, 0.1) is 0 Å². The normalized spacial score (nSPS) is 13.0. The summed E-state index contributed by atoms with van der Waals surface area (Å²) in [6, 6.07) is 8.54. The molecule has 1 aromatic carbocycles. The van der Waals surface area contributed by atoms with Crippen LogP contribution >= 0.6 is 23.4 Å². The zero-order valence-corrected chi connectivity index (χ0v) is 15.7. The molecule has 0 unspecified atom stereocenters. The highest BCUT2D eigenvalue weighted by atomic mass is 35.5. The van der Waals surface area contributed by atoms with Gasteiger partial charge in [0.1, 0.15) is 0 Å². The van der Waals surface area contributed by atoms with Crippen molar-refractivity contribution in [3.8, 4) is 0 Å². The lowest BCUT2D eigenvalue weighted by atomic mass is 10.2. The van der Waals surface area contributed by atoms with Gasteiger partial charge in [0.2, 0.25) is 5.91 Å². The van der Waals surface area contributed by atoms with Crippen LogP contribution in [0.1, 0.15) is 34.6 Å². The number of rotatable bonds is 8. The molecule has 124 valence electrons. The summed E-state index contributed by atoms with van der Waals surface area (Å²) in [5, 5.41) is 3.62. The molecule has 5 heteroatoms. The minimum Gasteiger partial charge on any atom is -0.354 e. The largest absolute Gasteiger partial charge is 0.354 e. The van der Waals surface area contributed by atoms with Gasteiger partial charge < -0.3 is 5.32 Å². The van der Waals surface area contributed by atoms with Crippen molar-refractivity contribution in [2.75, 3.05) is 13.1 Å². The Morgan fingerprint density at radius 2 is 1.68 bits per heavy atom. The lowest BCUT2D eigenvalue weighted by molar-refractivity contribution is -0.120. The molecule has 0 saturated heterocycles. The summed E-state index contributed by atoms with van der Waals surface area (Å²) in [4.78, 5) is 15.6. The first-order valence-corrected chi connectivity index (χ1v) is 9.02. The second-order valence-corrected chi connectivity index (χ2v) is 7.78. The molecule has 0 aromatic heterocycles. The molecule has 0 saturated carbocycles. The molecule has 0 aliphatic carbocycles. The molecule has 0 heterocycles. The lowest BCUT2D eigenvalue weighted by Gasteiger charge is -2.30. The Morgan fingerprint density at radius 3 is 2.18 bits per heavy atom. The second kappa shape index (κ2) is 9.43. The fourth-order valence-corrected chi connectivity index (χ4v) is 3.35. The fourth-order valence-electron chi connectivity index (χ4n) is 2.34. The molecule has 1 amide bonds. The third-order valence-corrected chi connectivity index (χ3v) is 4.86. The predicted octanol–water partition coefficient (Wildman–Crippen LogP) is 4.06. The minimum absolute atomic E-state index is 0.0763. The van der Waals surface area contributed by atoms with E-state index in [0.717, 1.165) is 11.4 Å². The number of amides is 1. The molecule has 22 heavy (non-hydrogen) atoms. The molecule has 0 radical (unpaired) electrons. The van der Waals surface area contributed by atoms with Crippen LogP contribution in [-0.2, 0) is 4.79 Å². The first kappa shape index (κ1) is 19.3. The average molecular weight is 343 g/mol. The number of thioether (sulfide) groups is 1. The summed E-state index contributed by atoms with van der Waals surface area (Å²) in [6.45, 7) is 12.2. The number of hydrogen-bond donors (Lipinski definition) is 1. The summed E-state index contributed by atoms with van der Waals surface area (Å²) < 4.78 is 0. The van der Waals surface area contributed by atoms with E-state index in [0.29, 0.717) is 23.7 Å². The first-order valence-electron chi connectivity index (χ1n) is 7.77. The van der Waals surface area contributed by atoms with Gasteiger partial charge in [-0.15, -0.1) is 11.8 Å². The van der Waals surface area contributed by atoms with Gasteiger partial charge in [0, 0.05) is 35.1 Å². The summed E-state index contributed by atoms with van der Waals surface area (Å²) in [5.74, 6) is 0.0763. The Labute approximate surface area is 143 Å². The van der Waals surface area contributed by atoms with Crippen LogP contribution in [0.2, 0.25) is 5.02 Å². The van der Waals surface area contributed by atoms with E-state index in [4.69, 9.17) is 11.6 Å². The number of nitrogens with zero attached hydrogens (tertiary/aromatic N) is 1. The van der Waals surface area contributed by atoms with Crippen molar-refractivity contribution in [2.45, 2.75) is 56.8 Å². The van der Waals surface area contributed by atoms with Crippen molar-refractivity contribution in [3.63, 3.8) is 0 Å². The van der Waals surface area contributed by atoms with Gasteiger partial charge in [-0.25, -0.2) is 0 Å². The third kappa shape index (κ3) is 6.59. The molecule has 0 bridgehead atoms. The Kier molecular flexibility index (Phi) is 8.29. The fraction of sp³-hybridized carbons (Fsp3) is 0.588. The smallest absolute Gasteiger partial charge is 0.233 e. The van der Waals surface area contributed by atoms with Gasteiger partial charge in [0.15, 0.2) is 0 Å². The van der Waals surface area contributed by atoms with E-state index in [-0.39, 0.29) is 11.2 Å². The standard InChI is InChI=1S/C17H27ClN2OS/c1-12(2)20(13(3)4)11-10-19-17(21)14(5)22-16-8-6-15(18)7-9-16/h6-9,12-14H,10-11H2,1-5H3,(H,19,21)/t14-/m1/s1. The third-order valence-electron chi connectivity index (χ3n) is 3.49. The van der Waals surface area contributed by atoms with E-state index in [1.807, 2.05) is 31.2 Å². The van der Waals surface area contributed by atoms with Crippen LogP contribution < -0.4 is 5.32 Å². The van der Waals surface area contributed by atoms with Crippen molar-refractivity contribution < 1.29 is 4.79 Å². The highest BCUT2D eigenvalue weighted by molar-refractivity contribution is 8.00. The average Bonchev–Trinajstić information content (AvgIpc) is 2.44. The van der Waals surface area contributed by atoms with Crippen LogP contribution in [0.3, 0.4) is 0 Å². The second-order valence-electron chi connectivity index (χ2n) is 5.93. The van der Waals surface area contributed by atoms with Crippen LogP contribution in [0.5, 0.6) is 0 Å². The monoisotopic (exact) mass is 342 g/mol. The molecular weight excluding hydrogens is 316 g/mol. The number of benzene rings is 1.